The minimum atomic E-state index is -3.57. The average molecular weight is 256 g/mol. The average Bonchev–Trinajstić information content (AvgIpc) is 2.17. The molecule has 0 bridgehead atoms. The highest BCUT2D eigenvalue weighted by Gasteiger charge is 2.33. The van der Waals surface area contributed by atoms with E-state index < -0.39 is 30.0 Å². The Morgan fingerprint density at radius 1 is 1.44 bits per heavy atom. The predicted octanol–water partition coefficient (Wildman–Crippen LogP) is 2.35. The molecule has 0 saturated heterocycles. The van der Waals surface area contributed by atoms with E-state index in [1.54, 1.807) is 6.92 Å². The molecule has 16 heavy (non-hydrogen) atoms. The van der Waals surface area contributed by atoms with Gasteiger partial charge in [0.1, 0.15) is 12.4 Å². The normalized spacial score (nSPS) is 13.1. The fraction of sp³-hybridized carbons (Fsp3) is 0.400. The zero-order valence-corrected chi connectivity index (χ0v) is 9.40. The van der Waals surface area contributed by atoms with Gasteiger partial charge in [-0.25, -0.2) is 4.39 Å². The molecule has 0 radical (unpaired) electrons. The third-order valence-electron chi connectivity index (χ3n) is 2.11. The lowest BCUT2D eigenvalue weighted by molar-refractivity contribution is -0.0583. The van der Waals surface area contributed by atoms with Crippen LogP contribution in [0.5, 0.6) is 0 Å². The van der Waals surface area contributed by atoms with Crippen LogP contribution in [-0.2, 0) is 5.92 Å². The standard InChI is InChI=1S/C10H12F3NO.ClH/c1-6(14)7-2-3-9(11)8(4-7)10(12,13)5-15;/h2-4,6,15H,5,14H2,1H3;1H/t6-;/m1./s1. The van der Waals surface area contributed by atoms with Crippen LogP contribution >= 0.6 is 12.4 Å². The maximum atomic E-state index is 13.1. The predicted molar refractivity (Wildman–Crippen MR) is 57.2 cm³/mol. The van der Waals surface area contributed by atoms with Crippen molar-refractivity contribution in [2.24, 2.45) is 5.73 Å². The lowest BCUT2D eigenvalue weighted by atomic mass is 10.0. The molecule has 1 atom stereocenters. The number of hydrogen-bond acceptors (Lipinski definition) is 2. The minimum absolute atomic E-state index is 0. The zero-order valence-electron chi connectivity index (χ0n) is 8.58. The first-order valence-corrected chi connectivity index (χ1v) is 4.42. The second-order valence-corrected chi connectivity index (χ2v) is 3.39. The number of alkyl halides is 2. The van der Waals surface area contributed by atoms with E-state index in [1.807, 2.05) is 0 Å². The van der Waals surface area contributed by atoms with Crippen LogP contribution in [0.1, 0.15) is 24.1 Å². The molecule has 92 valence electrons. The van der Waals surface area contributed by atoms with Crippen molar-refractivity contribution < 1.29 is 18.3 Å². The van der Waals surface area contributed by atoms with E-state index in [1.165, 1.54) is 6.07 Å². The second-order valence-electron chi connectivity index (χ2n) is 3.39. The molecule has 0 aromatic heterocycles. The van der Waals surface area contributed by atoms with Gasteiger partial charge in [0.15, 0.2) is 0 Å². The highest BCUT2D eigenvalue weighted by molar-refractivity contribution is 5.85. The molecule has 0 aliphatic carbocycles. The van der Waals surface area contributed by atoms with E-state index in [2.05, 4.69) is 0 Å². The van der Waals surface area contributed by atoms with Gasteiger partial charge in [0.25, 0.3) is 5.92 Å². The van der Waals surface area contributed by atoms with E-state index in [4.69, 9.17) is 10.8 Å². The SMILES string of the molecule is C[C@@H](N)c1ccc(F)c(C(F)(F)CO)c1.Cl. The molecule has 0 amide bonds. The zero-order chi connectivity index (χ0) is 11.6. The Balaban J connectivity index is 0.00000225. The molecule has 1 aromatic carbocycles. The van der Waals surface area contributed by atoms with Crippen molar-refractivity contribution in [2.75, 3.05) is 6.61 Å². The van der Waals surface area contributed by atoms with Crippen molar-refractivity contribution in [2.45, 2.75) is 18.9 Å². The summed E-state index contributed by atoms with van der Waals surface area (Å²) >= 11 is 0. The molecular weight excluding hydrogens is 243 g/mol. The summed E-state index contributed by atoms with van der Waals surface area (Å²) in [6.45, 7) is 0.181. The Labute approximate surface area is 97.7 Å². The van der Waals surface area contributed by atoms with E-state index in [9.17, 15) is 13.2 Å². The van der Waals surface area contributed by atoms with Gasteiger partial charge in [0.05, 0.1) is 5.56 Å². The molecule has 6 heteroatoms. The smallest absolute Gasteiger partial charge is 0.298 e. The van der Waals surface area contributed by atoms with Crippen LogP contribution in [0.25, 0.3) is 0 Å². The van der Waals surface area contributed by atoms with Gasteiger partial charge in [-0.1, -0.05) is 6.07 Å². The fourth-order valence-electron chi connectivity index (χ4n) is 1.19. The van der Waals surface area contributed by atoms with Gasteiger partial charge >= 0.3 is 0 Å². The number of nitrogens with two attached hydrogens (primary N) is 1. The Morgan fingerprint density at radius 3 is 2.44 bits per heavy atom. The summed E-state index contributed by atoms with van der Waals surface area (Å²) < 4.78 is 39.2. The Bertz CT molecular complexity index is 358. The van der Waals surface area contributed by atoms with Gasteiger partial charge in [0, 0.05) is 6.04 Å². The Morgan fingerprint density at radius 2 is 2.00 bits per heavy atom. The van der Waals surface area contributed by atoms with E-state index >= 15 is 0 Å². The van der Waals surface area contributed by atoms with E-state index in [0.29, 0.717) is 5.56 Å². The summed E-state index contributed by atoms with van der Waals surface area (Å²) in [7, 11) is 0. The highest BCUT2D eigenvalue weighted by atomic mass is 35.5. The van der Waals surface area contributed by atoms with Crippen molar-refractivity contribution >= 4 is 12.4 Å². The van der Waals surface area contributed by atoms with Gasteiger partial charge in [-0.2, -0.15) is 8.78 Å². The van der Waals surface area contributed by atoms with Gasteiger partial charge in [0.2, 0.25) is 0 Å². The fourth-order valence-corrected chi connectivity index (χ4v) is 1.19. The third kappa shape index (κ3) is 3.10. The number of benzene rings is 1. The number of halogens is 4. The number of rotatable bonds is 3. The summed E-state index contributed by atoms with van der Waals surface area (Å²) in [5, 5.41) is 8.45. The van der Waals surface area contributed by atoms with Gasteiger partial charge < -0.3 is 10.8 Å². The Hall–Kier alpha value is -0.780. The molecular formula is C10H13ClF3NO. The lowest BCUT2D eigenvalue weighted by Crippen LogP contribution is -2.21. The quantitative estimate of drug-likeness (QED) is 0.871. The molecule has 0 aliphatic heterocycles. The molecule has 2 nitrogen and oxygen atoms in total. The van der Waals surface area contributed by atoms with E-state index in [0.717, 1.165) is 12.1 Å². The Kier molecular flexibility index (Phi) is 5.25. The van der Waals surface area contributed by atoms with Crippen molar-refractivity contribution in [3.05, 3.63) is 35.1 Å². The largest absolute Gasteiger partial charge is 0.390 e. The van der Waals surface area contributed by atoms with Gasteiger partial charge in [-0.05, 0) is 24.6 Å². The maximum absolute atomic E-state index is 13.1. The molecule has 0 fully saturated rings. The monoisotopic (exact) mass is 255 g/mol. The molecule has 1 rings (SSSR count). The van der Waals surface area contributed by atoms with Crippen LogP contribution in [0.2, 0.25) is 0 Å². The van der Waals surface area contributed by atoms with Crippen molar-refractivity contribution in [3.63, 3.8) is 0 Å². The number of aliphatic hydroxyl groups is 1. The molecule has 0 spiro atoms. The van der Waals surface area contributed by atoms with Crippen LogP contribution in [0.15, 0.2) is 18.2 Å². The summed E-state index contributed by atoms with van der Waals surface area (Å²) in [5.74, 6) is -4.62. The molecule has 0 heterocycles. The van der Waals surface area contributed by atoms with Gasteiger partial charge in [-0.3, -0.25) is 0 Å². The number of hydrogen-bond donors (Lipinski definition) is 2. The van der Waals surface area contributed by atoms with Crippen molar-refractivity contribution in [1.82, 2.24) is 0 Å². The molecule has 1 aromatic rings. The first-order chi connectivity index (χ1) is 6.88. The first kappa shape index (κ1) is 15.2. The van der Waals surface area contributed by atoms with Crippen LogP contribution in [0.4, 0.5) is 13.2 Å². The summed E-state index contributed by atoms with van der Waals surface area (Å²) in [5.41, 5.74) is 5.07. The van der Waals surface area contributed by atoms with Crippen LogP contribution in [-0.4, -0.2) is 11.7 Å². The van der Waals surface area contributed by atoms with Crippen LogP contribution < -0.4 is 5.73 Å². The molecule has 0 aliphatic rings. The minimum Gasteiger partial charge on any atom is -0.390 e. The lowest BCUT2D eigenvalue weighted by Gasteiger charge is -2.16. The highest BCUT2D eigenvalue weighted by Crippen LogP contribution is 2.31. The summed E-state index contributed by atoms with van der Waals surface area (Å²) in [4.78, 5) is 0. The maximum Gasteiger partial charge on any atom is 0.298 e. The van der Waals surface area contributed by atoms with Gasteiger partial charge in [-0.15, -0.1) is 12.4 Å². The van der Waals surface area contributed by atoms with Crippen molar-refractivity contribution in [1.29, 1.82) is 0 Å². The van der Waals surface area contributed by atoms with E-state index in [-0.39, 0.29) is 12.4 Å². The second kappa shape index (κ2) is 5.52. The van der Waals surface area contributed by atoms with Crippen molar-refractivity contribution in [3.8, 4) is 0 Å². The topological polar surface area (TPSA) is 46.2 Å². The number of aliphatic hydroxyl groups excluding tert-OH is 1. The molecule has 3 N–H and O–H groups in total. The molecule has 0 saturated carbocycles. The third-order valence-corrected chi connectivity index (χ3v) is 2.11. The van der Waals surface area contributed by atoms with Crippen LogP contribution in [0, 0.1) is 5.82 Å². The van der Waals surface area contributed by atoms with Crippen LogP contribution in [0.3, 0.4) is 0 Å². The first-order valence-electron chi connectivity index (χ1n) is 4.42. The molecule has 0 unspecified atom stereocenters. The summed E-state index contributed by atoms with van der Waals surface area (Å²) in [6, 6.07) is 2.80. The summed E-state index contributed by atoms with van der Waals surface area (Å²) in [6.07, 6.45) is 0.